The Kier molecular flexibility index (Phi) is 4.49. The third kappa shape index (κ3) is 2.50. The highest BCUT2D eigenvalue weighted by Gasteiger charge is 2.70. The van der Waals surface area contributed by atoms with Gasteiger partial charge in [0.25, 0.3) is 5.84 Å². The summed E-state index contributed by atoms with van der Waals surface area (Å²) in [5.41, 5.74) is 8.43. The van der Waals surface area contributed by atoms with Crippen molar-refractivity contribution in [3.8, 4) is 0 Å². The smallest absolute Gasteiger partial charge is 0.249 e. The van der Waals surface area contributed by atoms with E-state index in [0.717, 1.165) is 6.42 Å². The maximum atomic E-state index is 2.74. The number of aryl methyl sites for hydroxylation is 3. The van der Waals surface area contributed by atoms with Crippen molar-refractivity contribution in [1.29, 1.82) is 0 Å². The van der Waals surface area contributed by atoms with Gasteiger partial charge in [0.05, 0.1) is 12.0 Å². The molecule has 2 atom stereocenters. The molecule has 29 heavy (non-hydrogen) atoms. The van der Waals surface area contributed by atoms with E-state index >= 15 is 0 Å². The maximum absolute atomic E-state index is 2.74. The fourth-order valence-electron chi connectivity index (χ4n) is 6.46. The summed E-state index contributed by atoms with van der Waals surface area (Å²) in [6, 6.07) is 14.2. The predicted molar refractivity (Wildman–Crippen MR) is 124 cm³/mol. The van der Waals surface area contributed by atoms with Crippen LogP contribution in [0.1, 0.15) is 69.4 Å². The summed E-state index contributed by atoms with van der Waals surface area (Å²) in [6.07, 6.45) is 1.08. The Morgan fingerprint density at radius 1 is 0.931 bits per heavy atom. The van der Waals surface area contributed by atoms with Crippen LogP contribution in [0.15, 0.2) is 36.4 Å². The lowest BCUT2D eigenvalue weighted by molar-refractivity contribution is -0.639. The molecule has 0 spiro atoms. The van der Waals surface area contributed by atoms with Crippen molar-refractivity contribution in [2.75, 3.05) is 4.90 Å². The monoisotopic (exact) mass is 389 g/mol. The molecular formula is C27H37N2+. The van der Waals surface area contributed by atoms with Crippen molar-refractivity contribution in [2.24, 2.45) is 5.92 Å². The predicted octanol–water partition coefficient (Wildman–Crippen LogP) is 6.14. The molecule has 1 heterocycles. The van der Waals surface area contributed by atoms with Gasteiger partial charge in [-0.1, -0.05) is 55.8 Å². The number of nitrogens with zero attached hydrogens (tertiary/aromatic N) is 2. The van der Waals surface area contributed by atoms with Crippen molar-refractivity contribution in [3.05, 3.63) is 64.2 Å². The number of fused-ring (bicyclic) bond motifs is 3. The van der Waals surface area contributed by atoms with Gasteiger partial charge < -0.3 is 0 Å². The number of rotatable bonds is 3. The summed E-state index contributed by atoms with van der Waals surface area (Å²) in [5.74, 6) is 1.92. The topological polar surface area (TPSA) is 6.25 Å². The number of hydrogen-bond donors (Lipinski definition) is 0. The molecule has 0 unspecified atom stereocenters. The van der Waals surface area contributed by atoms with Gasteiger partial charge in [-0.25, -0.2) is 9.48 Å². The molecule has 0 fully saturated rings. The molecule has 0 amide bonds. The normalized spacial score (nSPS) is 26.0. The Hall–Kier alpha value is -2.09. The van der Waals surface area contributed by atoms with Gasteiger partial charge >= 0.3 is 0 Å². The van der Waals surface area contributed by atoms with E-state index in [9.17, 15) is 0 Å². The molecule has 0 radical (unpaired) electrons. The quantitative estimate of drug-likeness (QED) is 0.572. The van der Waals surface area contributed by atoms with Crippen LogP contribution < -0.4 is 4.90 Å². The highest BCUT2D eigenvalue weighted by atomic mass is 15.4. The Morgan fingerprint density at radius 3 is 2.07 bits per heavy atom. The molecule has 0 N–H and O–H groups in total. The van der Waals surface area contributed by atoms with Gasteiger partial charge in [0.15, 0.2) is 11.1 Å². The van der Waals surface area contributed by atoms with Crippen molar-refractivity contribution in [2.45, 2.75) is 85.9 Å². The number of benzene rings is 2. The second kappa shape index (κ2) is 6.45. The lowest BCUT2D eigenvalue weighted by Gasteiger charge is -2.38. The van der Waals surface area contributed by atoms with E-state index in [2.05, 4.69) is 108 Å². The molecule has 2 aromatic rings. The molecule has 0 bridgehead atoms. The van der Waals surface area contributed by atoms with E-state index in [1.165, 1.54) is 39.3 Å². The van der Waals surface area contributed by atoms with Gasteiger partial charge in [-0.15, -0.1) is 0 Å². The van der Waals surface area contributed by atoms with Crippen molar-refractivity contribution in [1.82, 2.24) is 0 Å². The van der Waals surface area contributed by atoms with E-state index in [0.29, 0.717) is 12.0 Å². The van der Waals surface area contributed by atoms with Crippen LogP contribution in [0.5, 0.6) is 0 Å². The molecule has 0 saturated heterocycles. The minimum absolute atomic E-state index is 0.0225. The van der Waals surface area contributed by atoms with Crippen molar-refractivity contribution >= 4 is 11.5 Å². The Labute approximate surface area is 177 Å². The van der Waals surface area contributed by atoms with Crippen LogP contribution in [-0.2, 0) is 12.0 Å². The largest absolute Gasteiger partial charge is 0.256 e. The zero-order valence-electron chi connectivity index (χ0n) is 19.7. The summed E-state index contributed by atoms with van der Waals surface area (Å²) in [4.78, 5) is 2.74. The van der Waals surface area contributed by atoms with E-state index in [-0.39, 0.29) is 11.1 Å². The molecule has 2 heteroatoms. The van der Waals surface area contributed by atoms with Gasteiger partial charge in [0, 0.05) is 12.0 Å². The molecular weight excluding hydrogens is 352 g/mol. The van der Waals surface area contributed by atoms with Gasteiger partial charge in [-0.3, -0.25) is 0 Å². The highest BCUT2D eigenvalue weighted by Crippen LogP contribution is 2.56. The summed E-state index contributed by atoms with van der Waals surface area (Å²) < 4.78 is 2.74. The van der Waals surface area contributed by atoms with Crippen LogP contribution in [0.25, 0.3) is 0 Å². The Balaban J connectivity index is 2.10. The minimum atomic E-state index is -0.0544. The minimum Gasteiger partial charge on any atom is -0.249 e. The third-order valence-electron chi connectivity index (χ3n) is 7.47. The lowest BCUT2D eigenvalue weighted by Crippen LogP contribution is -2.56. The Bertz CT molecular complexity index is 990. The second-order valence-electron chi connectivity index (χ2n) is 10.2. The average Bonchev–Trinajstić information content (AvgIpc) is 2.95. The second-order valence-corrected chi connectivity index (χ2v) is 10.2. The van der Waals surface area contributed by atoms with E-state index < -0.39 is 0 Å². The van der Waals surface area contributed by atoms with Gasteiger partial charge in [-0.05, 0) is 65.2 Å². The maximum Gasteiger partial charge on any atom is 0.256 e. The molecule has 1 aliphatic carbocycles. The fourth-order valence-corrected chi connectivity index (χ4v) is 6.46. The molecule has 0 aromatic heterocycles. The first-order chi connectivity index (χ1) is 13.5. The molecule has 2 aliphatic rings. The molecule has 154 valence electrons. The first-order valence-corrected chi connectivity index (χ1v) is 11.2. The fraction of sp³-hybridized carbons (Fsp3) is 0.519. The number of anilines is 1. The Morgan fingerprint density at radius 2 is 1.52 bits per heavy atom. The van der Waals surface area contributed by atoms with Gasteiger partial charge in [0.1, 0.15) is 5.69 Å². The number of amidine groups is 1. The van der Waals surface area contributed by atoms with Gasteiger partial charge in [0.2, 0.25) is 0 Å². The third-order valence-corrected chi connectivity index (χ3v) is 7.47. The standard InChI is InChI=1S/C27H37N2/c1-17(2)25-28(18(3)4)27(9)23-13-11-10-12-22(23)16-26(27,8)29(25)24-20(6)14-19(5)15-21(24)7/h10-15,17-18H,16H2,1-9H3/q+1/t26-,27+/m0/s1. The first-order valence-electron chi connectivity index (χ1n) is 11.2. The number of hydrogen-bond acceptors (Lipinski definition) is 1. The first kappa shape index (κ1) is 20.2. The van der Waals surface area contributed by atoms with Crippen molar-refractivity contribution in [3.63, 3.8) is 0 Å². The molecule has 0 saturated carbocycles. The zero-order chi connectivity index (χ0) is 21.3. The lowest BCUT2D eigenvalue weighted by atomic mass is 9.78. The highest BCUT2D eigenvalue weighted by molar-refractivity contribution is 6.01. The van der Waals surface area contributed by atoms with Crippen LogP contribution in [0.4, 0.5) is 5.69 Å². The summed E-state index contributed by atoms with van der Waals surface area (Å²) in [7, 11) is 0. The summed E-state index contributed by atoms with van der Waals surface area (Å²) >= 11 is 0. The van der Waals surface area contributed by atoms with Crippen LogP contribution in [0, 0.1) is 26.7 Å². The van der Waals surface area contributed by atoms with Crippen LogP contribution in [-0.4, -0.2) is 22.0 Å². The average molecular weight is 390 g/mol. The van der Waals surface area contributed by atoms with E-state index in [4.69, 9.17) is 0 Å². The summed E-state index contributed by atoms with van der Waals surface area (Å²) in [5, 5.41) is 0. The molecule has 2 nitrogen and oxygen atoms in total. The van der Waals surface area contributed by atoms with Crippen LogP contribution in [0.3, 0.4) is 0 Å². The summed E-state index contributed by atoms with van der Waals surface area (Å²) in [6.45, 7) is 21.2. The van der Waals surface area contributed by atoms with Crippen LogP contribution in [0.2, 0.25) is 0 Å². The zero-order valence-corrected chi connectivity index (χ0v) is 19.7. The van der Waals surface area contributed by atoms with Crippen LogP contribution >= 0.6 is 0 Å². The molecule has 2 aromatic carbocycles. The molecule has 1 aliphatic heterocycles. The van der Waals surface area contributed by atoms with E-state index in [1.54, 1.807) is 0 Å². The van der Waals surface area contributed by atoms with E-state index in [1.807, 2.05) is 0 Å². The van der Waals surface area contributed by atoms with Crippen molar-refractivity contribution < 1.29 is 4.58 Å². The molecule has 4 rings (SSSR count). The van der Waals surface area contributed by atoms with Gasteiger partial charge in [-0.2, -0.15) is 0 Å². The SMILES string of the molecule is Cc1cc(C)c(N2C(C(C)C)=[N+](C(C)C)[C@]3(C)c4ccccc4C[C@]23C)c(C)c1.